The lowest BCUT2D eigenvalue weighted by Gasteiger charge is -2.31. The molecule has 1 fully saturated rings. The number of carbonyl (C=O) groups excluding carboxylic acids is 1. The Morgan fingerprint density at radius 2 is 2.09 bits per heavy atom. The van der Waals surface area contributed by atoms with Crippen molar-refractivity contribution >= 4 is 35.2 Å². The monoisotopic (exact) mass is 339 g/mol. The van der Waals surface area contributed by atoms with Crippen LogP contribution in [0, 0.1) is 11.3 Å². The van der Waals surface area contributed by atoms with Crippen LogP contribution in [0.1, 0.15) is 18.4 Å². The van der Waals surface area contributed by atoms with E-state index in [-0.39, 0.29) is 28.9 Å². The molecule has 1 heterocycles. The molecule has 9 heteroatoms. The molecular formula is C13H15BClN3O3S. The minimum absolute atomic E-state index is 0.0347. The van der Waals surface area contributed by atoms with Gasteiger partial charge in [0.15, 0.2) is 0 Å². The van der Waals surface area contributed by atoms with Crippen molar-refractivity contribution in [3.8, 4) is 6.07 Å². The predicted octanol–water partition coefficient (Wildman–Crippen LogP) is 0.496. The fourth-order valence-electron chi connectivity index (χ4n) is 2.42. The number of hydrogen-bond acceptors (Lipinski definition) is 5. The number of halogens is 1. The number of piperidine rings is 1. The number of hydrogen-bond donors (Lipinski definition) is 1. The van der Waals surface area contributed by atoms with Crippen molar-refractivity contribution in [3.05, 3.63) is 28.8 Å². The van der Waals surface area contributed by atoms with Gasteiger partial charge in [0.25, 0.3) is 7.41 Å². The van der Waals surface area contributed by atoms with Crippen LogP contribution in [0.4, 0.5) is 0 Å². The van der Waals surface area contributed by atoms with E-state index in [1.807, 2.05) is 6.07 Å². The van der Waals surface area contributed by atoms with Gasteiger partial charge in [0.1, 0.15) is 4.90 Å². The lowest BCUT2D eigenvalue weighted by molar-refractivity contribution is 0.310. The molecular weight excluding hydrogens is 324 g/mol. The van der Waals surface area contributed by atoms with Crippen molar-refractivity contribution in [1.29, 1.82) is 5.26 Å². The molecule has 0 unspecified atom stereocenters. The molecule has 0 aromatic heterocycles. The Labute approximate surface area is 135 Å². The summed E-state index contributed by atoms with van der Waals surface area (Å²) in [4.78, 5) is 10.3. The summed E-state index contributed by atoms with van der Waals surface area (Å²) in [5.74, 6) is 0. The van der Waals surface area contributed by atoms with Gasteiger partial charge in [-0.25, -0.2) is 8.42 Å². The van der Waals surface area contributed by atoms with E-state index in [0.717, 1.165) is 6.19 Å². The van der Waals surface area contributed by atoms with Crippen molar-refractivity contribution in [2.45, 2.75) is 23.8 Å². The summed E-state index contributed by atoms with van der Waals surface area (Å²) in [5.41, 5.74) is 0.255. The van der Waals surface area contributed by atoms with Crippen LogP contribution in [0.5, 0.6) is 0 Å². The zero-order valence-corrected chi connectivity index (χ0v) is 13.4. The molecule has 0 amide bonds. The van der Waals surface area contributed by atoms with Crippen LogP contribution >= 0.6 is 11.6 Å². The Hall–Kier alpha value is -1.40. The average Bonchev–Trinajstić information content (AvgIpc) is 2.53. The summed E-state index contributed by atoms with van der Waals surface area (Å²) in [6.45, 7) is 0.706. The van der Waals surface area contributed by atoms with Crippen LogP contribution < -0.4 is 5.23 Å². The van der Waals surface area contributed by atoms with Gasteiger partial charge in [-0.15, -0.1) is 0 Å². The zero-order chi connectivity index (χ0) is 16.2. The minimum Gasteiger partial charge on any atom is -0.350 e. The van der Waals surface area contributed by atoms with Gasteiger partial charge in [0, 0.05) is 13.1 Å². The quantitative estimate of drug-likeness (QED) is 0.623. The van der Waals surface area contributed by atoms with Crippen LogP contribution in [0.3, 0.4) is 0 Å². The molecule has 0 spiro atoms. The SMILES string of the molecule is N#Cc1ccc(Cl)c(S(=O)(=O)N2CCC(NBC=O)CC2)c1. The van der Waals surface area contributed by atoms with E-state index in [1.54, 1.807) is 0 Å². The first kappa shape index (κ1) is 17.0. The predicted molar refractivity (Wildman–Crippen MR) is 85.0 cm³/mol. The average molecular weight is 340 g/mol. The fraction of sp³-hybridized carbons (Fsp3) is 0.385. The molecule has 1 aromatic carbocycles. The van der Waals surface area contributed by atoms with E-state index in [9.17, 15) is 13.2 Å². The maximum atomic E-state index is 12.7. The third-order valence-corrected chi connectivity index (χ3v) is 6.00. The molecule has 0 aliphatic carbocycles. The Morgan fingerprint density at radius 1 is 1.41 bits per heavy atom. The molecule has 22 heavy (non-hydrogen) atoms. The van der Waals surface area contributed by atoms with Gasteiger partial charge in [-0.3, -0.25) is 0 Å². The maximum absolute atomic E-state index is 12.7. The highest BCUT2D eigenvalue weighted by atomic mass is 35.5. The Morgan fingerprint density at radius 3 is 2.68 bits per heavy atom. The number of nitrogens with one attached hydrogen (secondary N) is 1. The van der Waals surface area contributed by atoms with Crippen LogP contribution in [-0.4, -0.2) is 45.5 Å². The summed E-state index contributed by atoms with van der Waals surface area (Å²) >= 11 is 5.99. The maximum Gasteiger partial charge on any atom is 0.278 e. The Balaban J connectivity index is 2.15. The van der Waals surface area contributed by atoms with Gasteiger partial charge in [-0.2, -0.15) is 9.57 Å². The number of sulfonamides is 1. The molecule has 1 aromatic rings. The van der Waals surface area contributed by atoms with Crippen LogP contribution in [0.2, 0.25) is 5.02 Å². The summed E-state index contributed by atoms with van der Waals surface area (Å²) in [7, 11) is -3.44. The van der Waals surface area contributed by atoms with Gasteiger partial charge in [0.2, 0.25) is 10.0 Å². The second-order valence-electron chi connectivity index (χ2n) is 5.01. The first-order chi connectivity index (χ1) is 10.5. The highest BCUT2D eigenvalue weighted by molar-refractivity contribution is 7.89. The van der Waals surface area contributed by atoms with Gasteiger partial charge >= 0.3 is 0 Å². The summed E-state index contributed by atoms with van der Waals surface area (Å²) < 4.78 is 26.7. The highest BCUT2D eigenvalue weighted by Crippen LogP contribution is 2.27. The van der Waals surface area contributed by atoms with E-state index in [1.165, 1.54) is 22.5 Å². The van der Waals surface area contributed by atoms with E-state index in [2.05, 4.69) is 5.23 Å². The molecule has 0 saturated carbocycles. The van der Waals surface area contributed by atoms with E-state index >= 15 is 0 Å². The molecule has 116 valence electrons. The lowest BCUT2D eigenvalue weighted by atomic mass is 9.93. The molecule has 0 bridgehead atoms. The summed E-state index contributed by atoms with van der Waals surface area (Å²) in [6.07, 6.45) is 2.04. The van der Waals surface area contributed by atoms with E-state index in [4.69, 9.17) is 16.9 Å². The second-order valence-corrected chi connectivity index (χ2v) is 7.32. The van der Waals surface area contributed by atoms with Crippen LogP contribution in [0.15, 0.2) is 23.1 Å². The Kier molecular flexibility index (Phi) is 5.59. The first-order valence-electron chi connectivity index (χ1n) is 6.86. The highest BCUT2D eigenvalue weighted by Gasteiger charge is 2.30. The van der Waals surface area contributed by atoms with Gasteiger partial charge in [-0.05, 0) is 37.1 Å². The number of carbonyl (C=O) groups is 1. The molecule has 0 radical (unpaired) electrons. The first-order valence-corrected chi connectivity index (χ1v) is 8.67. The largest absolute Gasteiger partial charge is 0.350 e. The van der Waals surface area contributed by atoms with Crippen molar-refractivity contribution in [2.75, 3.05) is 13.1 Å². The van der Waals surface area contributed by atoms with Gasteiger partial charge in [-0.1, -0.05) is 11.6 Å². The van der Waals surface area contributed by atoms with Gasteiger partial charge < -0.3 is 10.0 Å². The van der Waals surface area contributed by atoms with Crippen molar-refractivity contribution in [3.63, 3.8) is 0 Å². The molecule has 2 rings (SSSR count). The van der Waals surface area contributed by atoms with Crippen molar-refractivity contribution < 1.29 is 13.2 Å². The fourth-order valence-corrected chi connectivity index (χ4v) is 4.39. The van der Waals surface area contributed by atoms with Crippen LogP contribution in [-0.2, 0) is 14.8 Å². The minimum atomic E-state index is -3.72. The lowest BCUT2D eigenvalue weighted by Crippen LogP contribution is -2.46. The van der Waals surface area contributed by atoms with E-state index in [0.29, 0.717) is 25.9 Å². The normalized spacial score (nSPS) is 16.9. The number of benzene rings is 1. The number of nitrogens with zero attached hydrogens (tertiary/aromatic N) is 2. The van der Waals surface area contributed by atoms with Gasteiger partial charge in [0.05, 0.1) is 22.8 Å². The topological polar surface area (TPSA) is 90.3 Å². The van der Waals surface area contributed by atoms with Crippen LogP contribution in [0.25, 0.3) is 0 Å². The third kappa shape index (κ3) is 3.68. The summed E-state index contributed by atoms with van der Waals surface area (Å²) in [6, 6.07) is 6.26. The molecule has 1 N–H and O–H groups in total. The molecule has 1 saturated heterocycles. The van der Waals surface area contributed by atoms with Crippen molar-refractivity contribution in [1.82, 2.24) is 9.53 Å². The van der Waals surface area contributed by atoms with Crippen molar-refractivity contribution in [2.24, 2.45) is 0 Å². The molecule has 1 aliphatic heterocycles. The zero-order valence-electron chi connectivity index (χ0n) is 11.8. The Bertz CT molecular complexity index is 697. The number of rotatable bonds is 5. The molecule has 1 aliphatic rings. The molecule has 0 atom stereocenters. The second kappa shape index (κ2) is 7.25. The number of nitriles is 1. The smallest absolute Gasteiger partial charge is 0.278 e. The van der Waals surface area contributed by atoms with E-state index < -0.39 is 10.0 Å². The third-order valence-electron chi connectivity index (χ3n) is 3.62. The standard InChI is InChI=1S/C13H15BClN3O3S/c15-12-2-1-10(8-16)7-13(12)22(20,21)18-5-3-11(4-6-18)17-14-9-19/h1-2,7,9,11,14,17H,3-6H2. The molecule has 6 nitrogen and oxygen atoms in total. The summed E-state index contributed by atoms with van der Waals surface area (Å²) in [5, 5.41) is 12.1.